The second-order valence-electron chi connectivity index (χ2n) is 4.19. The lowest BCUT2D eigenvalue weighted by Gasteiger charge is -2.06. The van der Waals surface area contributed by atoms with E-state index < -0.39 is 0 Å². The van der Waals surface area contributed by atoms with Crippen molar-refractivity contribution in [2.45, 2.75) is 0 Å². The third-order valence-electron chi connectivity index (χ3n) is 3.01. The zero-order chi connectivity index (χ0) is 13.2. The molecule has 3 heteroatoms. The number of pyridine rings is 1. The van der Waals surface area contributed by atoms with Gasteiger partial charge in [0, 0.05) is 11.8 Å². The highest BCUT2D eigenvalue weighted by molar-refractivity contribution is 6.35. The fourth-order valence-corrected chi connectivity index (χ4v) is 2.31. The molecule has 0 unspecified atom stereocenters. The quantitative estimate of drug-likeness (QED) is 0.654. The van der Waals surface area contributed by atoms with E-state index in [1.165, 1.54) is 0 Å². The van der Waals surface area contributed by atoms with Crippen LogP contribution in [0.1, 0.15) is 16.1 Å². The maximum absolute atomic E-state index is 12.5. The van der Waals surface area contributed by atoms with E-state index in [1.807, 2.05) is 36.4 Å². The van der Waals surface area contributed by atoms with Crippen LogP contribution in [0.15, 0.2) is 60.8 Å². The highest BCUT2D eigenvalue weighted by Crippen LogP contribution is 2.23. The third kappa shape index (κ3) is 2.11. The molecule has 0 aliphatic carbocycles. The summed E-state index contributed by atoms with van der Waals surface area (Å²) in [4.78, 5) is 16.6. The zero-order valence-electron chi connectivity index (χ0n) is 10.0. The Kier molecular flexibility index (Phi) is 3.02. The second-order valence-corrected chi connectivity index (χ2v) is 4.60. The van der Waals surface area contributed by atoms with Gasteiger partial charge in [-0.3, -0.25) is 9.78 Å². The molecule has 2 nitrogen and oxygen atoms in total. The fourth-order valence-electron chi connectivity index (χ4n) is 2.10. The Balaban J connectivity index is 2.20. The summed E-state index contributed by atoms with van der Waals surface area (Å²) in [6.45, 7) is 0. The van der Waals surface area contributed by atoms with E-state index in [2.05, 4.69) is 4.98 Å². The van der Waals surface area contributed by atoms with Gasteiger partial charge in [-0.25, -0.2) is 0 Å². The van der Waals surface area contributed by atoms with E-state index in [9.17, 15) is 4.79 Å². The van der Waals surface area contributed by atoms with Gasteiger partial charge in [-0.05, 0) is 22.9 Å². The largest absolute Gasteiger partial charge is 0.287 e. The first-order chi connectivity index (χ1) is 9.27. The summed E-state index contributed by atoms with van der Waals surface area (Å²) in [7, 11) is 0. The van der Waals surface area contributed by atoms with Gasteiger partial charge in [0.05, 0.1) is 5.02 Å². The highest BCUT2D eigenvalue weighted by atomic mass is 35.5. The zero-order valence-corrected chi connectivity index (χ0v) is 10.8. The molecule has 92 valence electrons. The molecule has 3 rings (SSSR count). The molecule has 19 heavy (non-hydrogen) atoms. The molecule has 0 saturated carbocycles. The van der Waals surface area contributed by atoms with Crippen LogP contribution in [0.25, 0.3) is 10.8 Å². The van der Waals surface area contributed by atoms with Crippen LogP contribution in [0.4, 0.5) is 0 Å². The summed E-state index contributed by atoms with van der Waals surface area (Å²) in [5, 5.41) is 2.32. The third-order valence-corrected chi connectivity index (χ3v) is 3.31. The van der Waals surface area contributed by atoms with Gasteiger partial charge in [-0.1, -0.05) is 54.1 Å². The Morgan fingerprint density at radius 3 is 2.58 bits per heavy atom. The normalized spacial score (nSPS) is 10.6. The molecule has 0 atom stereocenters. The molecule has 3 aromatic rings. The number of carbonyl (C=O) groups excluding carboxylic acids is 1. The van der Waals surface area contributed by atoms with Crippen molar-refractivity contribution < 1.29 is 4.79 Å². The van der Waals surface area contributed by atoms with Crippen LogP contribution in [0.5, 0.6) is 0 Å². The van der Waals surface area contributed by atoms with E-state index in [0.717, 1.165) is 10.8 Å². The lowest BCUT2D eigenvalue weighted by molar-refractivity contribution is 0.103. The predicted molar refractivity (Wildman–Crippen MR) is 76.6 cm³/mol. The lowest BCUT2D eigenvalue weighted by atomic mass is 10.00. The first kappa shape index (κ1) is 11.9. The van der Waals surface area contributed by atoms with Crippen LogP contribution >= 0.6 is 11.6 Å². The number of nitrogens with zero attached hydrogens (tertiary/aromatic N) is 1. The van der Waals surface area contributed by atoms with Crippen LogP contribution in [0, 0.1) is 0 Å². The van der Waals surface area contributed by atoms with Gasteiger partial charge in [0.1, 0.15) is 5.69 Å². The van der Waals surface area contributed by atoms with Crippen LogP contribution in [-0.4, -0.2) is 10.8 Å². The maximum atomic E-state index is 12.5. The van der Waals surface area contributed by atoms with Gasteiger partial charge in [-0.2, -0.15) is 0 Å². The molecule has 0 fully saturated rings. The molecule has 0 saturated heterocycles. The summed E-state index contributed by atoms with van der Waals surface area (Å²) in [6, 6.07) is 16.8. The van der Waals surface area contributed by atoms with Gasteiger partial charge < -0.3 is 0 Å². The van der Waals surface area contributed by atoms with Gasteiger partial charge >= 0.3 is 0 Å². The monoisotopic (exact) mass is 267 g/mol. The average Bonchev–Trinajstić information content (AvgIpc) is 2.46. The summed E-state index contributed by atoms with van der Waals surface area (Å²) < 4.78 is 0. The molecule has 0 bridgehead atoms. The van der Waals surface area contributed by atoms with Crippen molar-refractivity contribution in [1.29, 1.82) is 0 Å². The van der Waals surface area contributed by atoms with Gasteiger partial charge in [0.2, 0.25) is 5.78 Å². The van der Waals surface area contributed by atoms with Crippen LogP contribution in [-0.2, 0) is 0 Å². The number of aromatic nitrogens is 1. The molecule has 2 aromatic carbocycles. The number of halogens is 1. The lowest BCUT2D eigenvalue weighted by Crippen LogP contribution is -2.05. The summed E-state index contributed by atoms with van der Waals surface area (Å²) in [5.41, 5.74) is 0.916. The SMILES string of the molecule is O=C(c1ncccc1Cl)c1cccc2ccccc12. The van der Waals surface area contributed by atoms with Crippen molar-refractivity contribution in [3.63, 3.8) is 0 Å². The number of rotatable bonds is 2. The second kappa shape index (κ2) is 4.82. The molecule has 1 heterocycles. The Morgan fingerprint density at radius 2 is 1.74 bits per heavy atom. The van der Waals surface area contributed by atoms with Gasteiger partial charge in [-0.15, -0.1) is 0 Å². The molecular weight excluding hydrogens is 258 g/mol. The predicted octanol–water partition coefficient (Wildman–Crippen LogP) is 4.12. The van der Waals surface area contributed by atoms with Crippen molar-refractivity contribution >= 4 is 28.2 Å². The van der Waals surface area contributed by atoms with Crippen molar-refractivity contribution in [1.82, 2.24) is 4.98 Å². The van der Waals surface area contributed by atoms with Crippen molar-refractivity contribution in [2.75, 3.05) is 0 Å². The highest BCUT2D eigenvalue weighted by Gasteiger charge is 2.16. The Labute approximate surface area is 115 Å². The molecule has 0 aliphatic rings. The van der Waals surface area contributed by atoms with E-state index in [-0.39, 0.29) is 5.78 Å². The molecular formula is C16H10ClNO. The van der Waals surface area contributed by atoms with Crippen LogP contribution in [0.2, 0.25) is 5.02 Å². The minimum absolute atomic E-state index is 0.151. The summed E-state index contributed by atoms with van der Waals surface area (Å²) in [5.74, 6) is -0.151. The molecule has 0 amide bonds. The fraction of sp³-hybridized carbons (Fsp3) is 0. The van der Waals surface area contributed by atoms with Crippen LogP contribution in [0.3, 0.4) is 0 Å². The first-order valence-electron chi connectivity index (χ1n) is 5.90. The molecule has 1 aromatic heterocycles. The van der Waals surface area contributed by atoms with Gasteiger partial charge in [0.15, 0.2) is 0 Å². The van der Waals surface area contributed by atoms with Crippen LogP contribution < -0.4 is 0 Å². The summed E-state index contributed by atoms with van der Waals surface area (Å²) >= 11 is 6.04. The van der Waals surface area contributed by atoms with Gasteiger partial charge in [0.25, 0.3) is 0 Å². The van der Waals surface area contributed by atoms with E-state index in [0.29, 0.717) is 16.3 Å². The minimum atomic E-state index is -0.151. The Morgan fingerprint density at radius 1 is 0.947 bits per heavy atom. The molecule has 0 spiro atoms. The summed E-state index contributed by atoms with van der Waals surface area (Å²) in [6.07, 6.45) is 1.57. The van der Waals surface area contributed by atoms with E-state index in [4.69, 9.17) is 11.6 Å². The Bertz CT molecular complexity index is 762. The Hall–Kier alpha value is -2.19. The number of carbonyl (C=O) groups is 1. The number of fused-ring (bicyclic) bond motifs is 1. The molecule has 0 N–H and O–H groups in total. The number of hydrogen-bond donors (Lipinski definition) is 0. The van der Waals surface area contributed by atoms with E-state index >= 15 is 0 Å². The minimum Gasteiger partial charge on any atom is -0.287 e. The smallest absolute Gasteiger partial charge is 0.213 e. The van der Waals surface area contributed by atoms with Crippen molar-refractivity contribution in [3.05, 3.63) is 77.1 Å². The van der Waals surface area contributed by atoms with Crippen molar-refractivity contribution in [3.8, 4) is 0 Å². The maximum Gasteiger partial charge on any atom is 0.213 e. The van der Waals surface area contributed by atoms with E-state index in [1.54, 1.807) is 24.4 Å². The van der Waals surface area contributed by atoms with Crippen molar-refractivity contribution in [2.24, 2.45) is 0 Å². The number of hydrogen-bond acceptors (Lipinski definition) is 2. The number of ketones is 1. The number of benzene rings is 2. The molecule has 0 radical (unpaired) electrons. The molecule has 0 aliphatic heterocycles. The average molecular weight is 268 g/mol. The topological polar surface area (TPSA) is 30.0 Å². The first-order valence-corrected chi connectivity index (χ1v) is 6.28. The standard InChI is InChI=1S/C16H10ClNO/c17-14-9-4-10-18-15(14)16(19)13-8-3-6-11-5-1-2-7-12(11)13/h1-10H.